The maximum Gasteiger partial charge on any atom is 0.0869 e. The molecular formula is C14H27N4+. The van der Waals surface area contributed by atoms with E-state index in [4.69, 9.17) is 0 Å². The highest BCUT2D eigenvalue weighted by Crippen LogP contribution is 2.36. The average molecular weight is 251 g/mol. The molecule has 0 amide bonds. The van der Waals surface area contributed by atoms with Gasteiger partial charge in [-0.3, -0.25) is 10.00 Å². The fraction of sp³-hybridized carbons (Fsp3) is 0.786. The highest BCUT2D eigenvalue weighted by atomic mass is 15.1. The van der Waals surface area contributed by atoms with Crippen molar-refractivity contribution in [1.82, 2.24) is 15.1 Å². The second kappa shape index (κ2) is 6.34. The number of aromatic nitrogens is 2. The lowest BCUT2D eigenvalue weighted by atomic mass is 9.80. The lowest BCUT2D eigenvalue weighted by Crippen LogP contribution is -2.54. The Kier molecular flexibility index (Phi) is 4.78. The fourth-order valence-electron chi connectivity index (χ4n) is 2.99. The van der Waals surface area contributed by atoms with Crippen molar-refractivity contribution >= 4 is 0 Å². The van der Waals surface area contributed by atoms with E-state index in [1.54, 1.807) is 0 Å². The van der Waals surface area contributed by atoms with Crippen LogP contribution in [0.15, 0.2) is 6.20 Å². The van der Waals surface area contributed by atoms with Crippen molar-refractivity contribution in [2.45, 2.75) is 45.1 Å². The van der Waals surface area contributed by atoms with Crippen LogP contribution in [0.25, 0.3) is 0 Å². The van der Waals surface area contributed by atoms with Crippen LogP contribution in [0.3, 0.4) is 0 Å². The number of nitrogens with zero attached hydrogens (tertiary/aromatic N) is 2. The Balaban J connectivity index is 1.98. The molecule has 0 saturated heterocycles. The van der Waals surface area contributed by atoms with Crippen molar-refractivity contribution in [3.05, 3.63) is 17.5 Å². The first-order valence-electron chi connectivity index (χ1n) is 7.20. The molecule has 2 rings (SSSR count). The first-order chi connectivity index (χ1) is 8.70. The second-order valence-corrected chi connectivity index (χ2v) is 5.86. The zero-order chi connectivity index (χ0) is 13.0. The third kappa shape index (κ3) is 3.33. The summed E-state index contributed by atoms with van der Waals surface area (Å²) in [4.78, 5) is 2.33. The topological polar surface area (TPSA) is 59.6 Å². The Hall–Kier alpha value is -0.870. The van der Waals surface area contributed by atoms with E-state index < -0.39 is 0 Å². The minimum atomic E-state index is 0.701. The zero-order valence-corrected chi connectivity index (χ0v) is 11.8. The van der Waals surface area contributed by atoms with Crippen molar-refractivity contribution in [2.24, 2.45) is 5.92 Å². The Morgan fingerprint density at radius 1 is 1.39 bits per heavy atom. The van der Waals surface area contributed by atoms with Gasteiger partial charge in [-0.15, -0.1) is 0 Å². The third-order valence-corrected chi connectivity index (χ3v) is 4.16. The van der Waals surface area contributed by atoms with Crippen molar-refractivity contribution < 1.29 is 5.73 Å². The third-order valence-electron chi connectivity index (χ3n) is 4.16. The van der Waals surface area contributed by atoms with E-state index in [1.165, 1.54) is 36.9 Å². The number of rotatable bonds is 5. The molecule has 102 valence electrons. The summed E-state index contributed by atoms with van der Waals surface area (Å²) in [5.74, 6) is 1.60. The molecule has 1 saturated carbocycles. The Morgan fingerprint density at radius 2 is 2.11 bits per heavy atom. The minimum absolute atomic E-state index is 0.701. The van der Waals surface area contributed by atoms with Crippen LogP contribution in [0.2, 0.25) is 0 Å². The van der Waals surface area contributed by atoms with E-state index in [0.29, 0.717) is 5.92 Å². The second-order valence-electron chi connectivity index (χ2n) is 5.86. The van der Waals surface area contributed by atoms with Crippen LogP contribution < -0.4 is 5.73 Å². The minimum Gasteiger partial charge on any atom is -0.357 e. The lowest BCUT2D eigenvalue weighted by Gasteiger charge is -2.26. The molecule has 0 radical (unpaired) electrons. The molecule has 0 atom stereocenters. The summed E-state index contributed by atoms with van der Waals surface area (Å²) in [5, 5.41) is 7.51. The van der Waals surface area contributed by atoms with E-state index in [1.807, 2.05) is 6.20 Å². The molecule has 1 heterocycles. The summed E-state index contributed by atoms with van der Waals surface area (Å²) >= 11 is 0. The summed E-state index contributed by atoms with van der Waals surface area (Å²) in [6.07, 6.45) is 7.35. The number of hydrogen-bond acceptors (Lipinski definition) is 2. The van der Waals surface area contributed by atoms with E-state index in [0.717, 1.165) is 25.6 Å². The maximum atomic E-state index is 4.26. The molecule has 18 heavy (non-hydrogen) atoms. The van der Waals surface area contributed by atoms with Crippen LogP contribution in [0, 0.1) is 5.92 Å². The Labute approximate surface area is 110 Å². The van der Waals surface area contributed by atoms with Crippen LogP contribution >= 0.6 is 0 Å². The van der Waals surface area contributed by atoms with Gasteiger partial charge in [0.2, 0.25) is 0 Å². The van der Waals surface area contributed by atoms with Crippen LogP contribution in [-0.2, 0) is 6.54 Å². The van der Waals surface area contributed by atoms with E-state index >= 15 is 0 Å². The van der Waals surface area contributed by atoms with Gasteiger partial charge in [0.05, 0.1) is 12.7 Å². The first kappa shape index (κ1) is 13.6. The Morgan fingerprint density at radius 3 is 2.78 bits per heavy atom. The maximum absolute atomic E-state index is 4.26. The average Bonchev–Trinajstić information content (AvgIpc) is 2.78. The van der Waals surface area contributed by atoms with Gasteiger partial charge in [0, 0.05) is 30.3 Å². The molecule has 0 bridgehead atoms. The first-order valence-corrected chi connectivity index (χ1v) is 7.20. The molecular weight excluding hydrogens is 224 g/mol. The molecule has 4 heteroatoms. The predicted molar refractivity (Wildman–Crippen MR) is 73.0 cm³/mol. The highest BCUT2D eigenvalue weighted by Gasteiger charge is 2.23. The summed E-state index contributed by atoms with van der Waals surface area (Å²) in [6.45, 7) is 5.37. The number of likely N-dealkylation sites (N-methyl/N-ethyl adjacent to an activating group) is 1. The van der Waals surface area contributed by atoms with Gasteiger partial charge < -0.3 is 5.73 Å². The van der Waals surface area contributed by atoms with Gasteiger partial charge in [0.15, 0.2) is 0 Å². The molecule has 1 aliphatic rings. The molecule has 4 nitrogen and oxygen atoms in total. The van der Waals surface area contributed by atoms with E-state index in [9.17, 15) is 0 Å². The van der Waals surface area contributed by atoms with Crippen molar-refractivity contribution in [3.8, 4) is 0 Å². The van der Waals surface area contributed by atoms with Crippen LogP contribution in [0.4, 0.5) is 0 Å². The molecule has 1 fully saturated rings. The summed E-state index contributed by atoms with van der Waals surface area (Å²) < 4.78 is 0. The van der Waals surface area contributed by atoms with Gasteiger partial charge in [0.25, 0.3) is 0 Å². The van der Waals surface area contributed by atoms with Gasteiger partial charge in [-0.25, -0.2) is 0 Å². The predicted octanol–water partition coefficient (Wildman–Crippen LogP) is 1.38. The van der Waals surface area contributed by atoms with Gasteiger partial charge in [0.1, 0.15) is 0 Å². The SMILES string of the molecule is CC1CCC(c2[nH]ncc2CN(C)CC[NH3+])CC1. The smallest absolute Gasteiger partial charge is 0.0869 e. The number of hydrogen-bond donors (Lipinski definition) is 2. The van der Waals surface area contributed by atoms with Gasteiger partial charge in [-0.05, 0) is 25.8 Å². The van der Waals surface area contributed by atoms with Crippen LogP contribution in [0.5, 0.6) is 0 Å². The van der Waals surface area contributed by atoms with Crippen LogP contribution in [0.1, 0.15) is 49.8 Å². The highest BCUT2D eigenvalue weighted by molar-refractivity contribution is 5.21. The Bertz CT molecular complexity index is 352. The number of nitrogens with one attached hydrogen (secondary N) is 1. The normalized spacial score (nSPS) is 24.7. The lowest BCUT2D eigenvalue weighted by molar-refractivity contribution is -0.368. The molecule has 1 aromatic heterocycles. The number of quaternary nitrogens is 1. The standard InChI is InChI=1S/C14H26N4/c1-11-3-5-12(6-4-11)14-13(9-16-17-14)10-18(2)8-7-15/h9,11-12H,3-8,10,15H2,1-2H3,(H,16,17)/p+1. The summed E-state index contributed by atoms with van der Waals surface area (Å²) in [7, 11) is 2.16. The number of aromatic amines is 1. The molecule has 1 aliphatic carbocycles. The van der Waals surface area contributed by atoms with Gasteiger partial charge in [-0.2, -0.15) is 5.10 Å². The zero-order valence-electron chi connectivity index (χ0n) is 11.8. The monoisotopic (exact) mass is 251 g/mol. The molecule has 1 aromatic rings. The fourth-order valence-corrected chi connectivity index (χ4v) is 2.99. The number of H-pyrrole nitrogens is 1. The molecule has 0 aromatic carbocycles. The largest absolute Gasteiger partial charge is 0.357 e. The molecule has 0 aliphatic heterocycles. The van der Waals surface area contributed by atoms with Crippen molar-refractivity contribution in [3.63, 3.8) is 0 Å². The molecule has 0 unspecified atom stereocenters. The quantitative estimate of drug-likeness (QED) is 0.830. The van der Waals surface area contributed by atoms with E-state index in [2.05, 4.69) is 34.8 Å². The van der Waals surface area contributed by atoms with Crippen LogP contribution in [-0.4, -0.2) is 35.2 Å². The van der Waals surface area contributed by atoms with Gasteiger partial charge in [-0.1, -0.05) is 19.8 Å². The van der Waals surface area contributed by atoms with Crippen molar-refractivity contribution in [1.29, 1.82) is 0 Å². The van der Waals surface area contributed by atoms with E-state index in [-0.39, 0.29) is 0 Å². The molecule has 4 N–H and O–H groups in total. The van der Waals surface area contributed by atoms with Crippen molar-refractivity contribution in [2.75, 3.05) is 20.1 Å². The summed E-state index contributed by atoms with van der Waals surface area (Å²) in [5.41, 5.74) is 6.68. The summed E-state index contributed by atoms with van der Waals surface area (Å²) in [6, 6.07) is 0. The van der Waals surface area contributed by atoms with Gasteiger partial charge >= 0.3 is 0 Å². The molecule has 0 spiro atoms.